The van der Waals surface area contributed by atoms with Gasteiger partial charge in [0.15, 0.2) is 5.84 Å². The lowest BCUT2D eigenvalue weighted by atomic mass is 10.1. The highest BCUT2D eigenvalue weighted by molar-refractivity contribution is 6.34. The Morgan fingerprint density at radius 2 is 2.05 bits per heavy atom. The molecule has 6 heteroatoms. The van der Waals surface area contributed by atoms with Crippen molar-refractivity contribution in [3.8, 4) is 11.5 Å². The van der Waals surface area contributed by atoms with Crippen LogP contribution in [0.25, 0.3) is 0 Å². The molecule has 3 N–H and O–H groups in total. The SMILES string of the molecule is Cc1cc(F)ccc1Oc1cccc(Cl)c1/C(N)=N/O. The summed E-state index contributed by atoms with van der Waals surface area (Å²) < 4.78 is 18.7. The lowest BCUT2D eigenvalue weighted by molar-refractivity contribution is 0.318. The first kappa shape index (κ1) is 14.1. The first-order valence-corrected chi connectivity index (χ1v) is 6.11. The third-order valence-corrected chi connectivity index (χ3v) is 3.01. The van der Waals surface area contributed by atoms with Crippen LogP contribution in [0.2, 0.25) is 5.02 Å². The van der Waals surface area contributed by atoms with E-state index in [-0.39, 0.29) is 22.2 Å². The molecule has 104 valence electrons. The average molecular weight is 295 g/mol. The average Bonchev–Trinajstić information content (AvgIpc) is 2.41. The molecule has 0 heterocycles. The molecule has 2 aromatic carbocycles. The van der Waals surface area contributed by atoms with Gasteiger partial charge in [-0.25, -0.2) is 4.39 Å². The van der Waals surface area contributed by atoms with Crippen molar-refractivity contribution in [2.75, 3.05) is 0 Å². The summed E-state index contributed by atoms with van der Waals surface area (Å²) in [6.45, 7) is 1.71. The third kappa shape index (κ3) is 2.83. The van der Waals surface area contributed by atoms with E-state index in [1.165, 1.54) is 18.2 Å². The van der Waals surface area contributed by atoms with E-state index in [9.17, 15) is 4.39 Å². The number of benzene rings is 2. The molecule has 0 aromatic heterocycles. The van der Waals surface area contributed by atoms with Crippen LogP contribution in [0.4, 0.5) is 4.39 Å². The fraction of sp³-hybridized carbons (Fsp3) is 0.0714. The van der Waals surface area contributed by atoms with E-state index in [0.29, 0.717) is 17.1 Å². The highest BCUT2D eigenvalue weighted by Gasteiger charge is 2.14. The molecule has 0 atom stereocenters. The summed E-state index contributed by atoms with van der Waals surface area (Å²) in [5.41, 5.74) is 6.49. The lowest BCUT2D eigenvalue weighted by Crippen LogP contribution is -2.15. The van der Waals surface area contributed by atoms with Crippen LogP contribution in [0.3, 0.4) is 0 Å². The van der Waals surface area contributed by atoms with Crippen molar-refractivity contribution in [2.24, 2.45) is 10.9 Å². The number of nitrogens with two attached hydrogens (primary N) is 1. The van der Waals surface area contributed by atoms with Gasteiger partial charge in [0.25, 0.3) is 0 Å². The van der Waals surface area contributed by atoms with E-state index in [1.54, 1.807) is 25.1 Å². The number of amidine groups is 1. The molecule has 0 fully saturated rings. The molecule has 20 heavy (non-hydrogen) atoms. The Bertz CT molecular complexity index is 674. The van der Waals surface area contributed by atoms with Crippen molar-refractivity contribution in [1.82, 2.24) is 0 Å². The van der Waals surface area contributed by atoms with Gasteiger partial charge in [0.1, 0.15) is 17.3 Å². The molecular weight excluding hydrogens is 283 g/mol. The molecule has 0 aliphatic rings. The molecule has 2 aromatic rings. The quantitative estimate of drug-likeness (QED) is 0.393. The first-order chi connectivity index (χ1) is 9.52. The fourth-order valence-electron chi connectivity index (χ4n) is 1.73. The van der Waals surface area contributed by atoms with Crippen LogP contribution in [0.5, 0.6) is 11.5 Å². The molecule has 0 saturated carbocycles. The molecule has 0 radical (unpaired) electrons. The summed E-state index contributed by atoms with van der Waals surface area (Å²) in [4.78, 5) is 0. The third-order valence-electron chi connectivity index (χ3n) is 2.70. The van der Waals surface area contributed by atoms with Gasteiger partial charge in [0, 0.05) is 0 Å². The monoisotopic (exact) mass is 294 g/mol. The summed E-state index contributed by atoms with van der Waals surface area (Å²) in [7, 11) is 0. The molecule has 4 nitrogen and oxygen atoms in total. The van der Waals surface area contributed by atoms with Crippen molar-refractivity contribution in [3.63, 3.8) is 0 Å². The molecule has 0 saturated heterocycles. The summed E-state index contributed by atoms with van der Waals surface area (Å²) in [6, 6.07) is 9.03. The summed E-state index contributed by atoms with van der Waals surface area (Å²) in [5.74, 6) is 0.270. The zero-order valence-corrected chi connectivity index (χ0v) is 11.4. The predicted molar refractivity (Wildman–Crippen MR) is 75.2 cm³/mol. The van der Waals surface area contributed by atoms with Crippen LogP contribution >= 0.6 is 11.6 Å². The molecule has 2 rings (SSSR count). The normalized spacial score (nSPS) is 11.4. The van der Waals surface area contributed by atoms with Gasteiger partial charge in [-0.1, -0.05) is 22.8 Å². The molecule has 0 spiro atoms. The number of aryl methyl sites for hydroxylation is 1. The number of rotatable bonds is 3. The zero-order valence-electron chi connectivity index (χ0n) is 10.6. The second kappa shape index (κ2) is 5.79. The first-order valence-electron chi connectivity index (χ1n) is 5.73. The van der Waals surface area contributed by atoms with E-state index >= 15 is 0 Å². The van der Waals surface area contributed by atoms with E-state index in [2.05, 4.69) is 5.16 Å². The Kier molecular flexibility index (Phi) is 4.10. The van der Waals surface area contributed by atoms with E-state index < -0.39 is 0 Å². The molecule has 0 aliphatic carbocycles. The van der Waals surface area contributed by atoms with Crippen LogP contribution in [-0.4, -0.2) is 11.0 Å². The Morgan fingerprint density at radius 3 is 2.70 bits per heavy atom. The smallest absolute Gasteiger partial charge is 0.175 e. The van der Waals surface area contributed by atoms with Crippen LogP contribution < -0.4 is 10.5 Å². The second-order valence-electron chi connectivity index (χ2n) is 4.11. The number of nitrogens with zero attached hydrogens (tertiary/aromatic N) is 1. The summed E-state index contributed by atoms with van der Waals surface area (Å²) >= 11 is 6.02. The van der Waals surface area contributed by atoms with E-state index in [4.69, 9.17) is 27.3 Å². The van der Waals surface area contributed by atoms with Crippen molar-refractivity contribution in [3.05, 3.63) is 58.4 Å². The Balaban J connectivity index is 2.46. The predicted octanol–water partition coefficient (Wildman–Crippen LogP) is 3.67. The van der Waals surface area contributed by atoms with Gasteiger partial charge in [-0.3, -0.25) is 0 Å². The van der Waals surface area contributed by atoms with Gasteiger partial charge in [0.05, 0.1) is 10.6 Å². The summed E-state index contributed by atoms with van der Waals surface area (Å²) in [5, 5.41) is 12.0. The standard InChI is InChI=1S/C14H12ClFN2O2/c1-8-7-9(16)5-6-11(8)20-12-4-2-3-10(15)13(12)14(17)18-19/h2-7,19H,1H3,(H2,17,18). The summed E-state index contributed by atoms with van der Waals surface area (Å²) in [6.07, 6.45) is 0. The van der Waals surface area contributed by atoms with Crippen LogP contribution in [-0.2, 0) is 0 Å². The fourth-order valence-corrected chi connectivity index (χ4v) is 2.00. The molecule has 0 amide bonds. The Hall–Kier alpha value is -2.27. The van der Waals surface area contributed by atoms with Crippen molar-refractivity contribution >= 4 is 17.4 Å². The number of halogens is 2. The minimum Gasteiger partial charge on any atom is -0.456 e. The van der Waals surface area contributed by atoms with Gasteiger partial charge >= 0.3 is 0 Å². The number of hydrogen-bond donors (Lipinski definition) is 2. The van der Waals surface area contributed by atoms with Gasteiger partial charge in [-0.15, -0.1) is 0 Å². The van der Waals surface area contributed by atoms with Crippen molar-refractivity contribution in [1.29, 1.82) is 0 Å². The Morgan fingerprint density at radius 1 is 1.30 bits per heavy atom. The maximum absolute atomic E-state index is 13.1. The van der Waals surface area contributed by atoms with Gasteiger partial charge in [-0.05, 0) is 42.8 Å². The topological polar surface area (TPSA) is 67.8 Å². The maximum atomic E-state index is 13.1. The van der Waals surface area contributed by atoms with Crippen molar-refractivity contribution < 1.29 is 14.3 Å². The van der Waals surface area contributed by atoms with Crippen LogP contribution in [0, 0.1) is 12.7 Å². The van der Waals surface area contributed by atoms with Gasteiger partial charge in [-0.2, -0.15) is 0 Å². The maximum Gasteiger partial charge on any atom is 0.175 e. The van der Waals surface area contributed by atoms with Gasteiger partial charge in [0.2, 0.25) is 0 Å². The number of oxime groups is 1. The zero-order chi connectivity index (χ0) is 14.7. The number of hydrogen-bond acceptors (Lipinski definition) is 3. The van der Waals surface area contributed by atoms with Crippen LogP contribution in [0.1, 0.15) is 11.1 Å². The largest absolute Gasteiger partial charge is 0.456 e. The minimum absolute atomic E-state index is 0.162. The lowest BCUT2D eigenvalue weighted by Gasteiger charge is -2.13. The highest BCUT2D eigenvalue weighted by atomic mass is 35.5. The highest BCUT2D eigenvalue weighted by Crippen LogP contribution is 2.32. The number of ether oxygens (including phenoxy) is 1. The van der Waals surface area contributed by atoms with E-state index in [0.717, 1.165) is 0 Å². The minimum atomic E-state index is -0.349. The molecular formula is C14H12ClFN2O2. The van der Waals surface area contributed by atoms with E-state index in [1.807, 2.05) is 0 Å². The second-order valence-corrected chi connectivity index (χ2v) is 4.52. The van der Waals surface area contributed by atoms with Crippen LogP contribution in [0.15, 0.2) is 41.6 Å². The molecule has 0 bridgehead atoms. The Labute approximate surface area is 120 Å². The molecule has 0 aliphatic heterocycles. The van der Waals surface area contributed by atoms with Crippen molar-refractivity contribution in [2.45, 2.75) is 6.92 Å². The van der Waals surface area contributed by atoms with Gasteiger partial charge < -0.3 is 15.7 Å². The molecule has 0 unspecified atom stereocenters.